The largest absolute Gasteiger partial charge is 0.370 e. The second-order valence-corrected chi connectivity index (χ2v) is 12.4. The van der Waals surface area contributed by atoms with Gasteiger partial charge >= 0.3 is 0 Å². The van der Waals surface area contributed by atoms with Gasteiger partial charge in [0.2, 0.25) is 5.91 Å². The molecule has 0 radical (unpaired) electrons. The minimum Gasteiger partial charge on any atom is -0.370 e. The number of amides is 1. The maximum atomic E-state index is 14.2. The number of carbonyl (C=O) groups excluding carboxylic acids is 1. The molecule has 1 aliphatic heterocycles. The molecular formula is C26H30F2N6O2S. The minimum atomic E-state index is -2.10. The molecule has 1 aromatic carbocycles. The van der Waals surface area contributed by atoms with E-state index >= 15 is 0 Å². The average Bonchev–Trinajstić information content (AvgIpc) is 3.35. The number of anilines is 1. The Morgan fingerprint density at radius 2 is 1.86 bits per heavy atom. The molecule has 2 N–H and O–H groups in total. The lowest BCUT2D eigenvalue weighted by molar-refractivity contribution is -0.124. The van der Waals surface area contributed by atoms with Crippen LogP contribution in [0.3, 0.4) is 0 Å². The first kappa shape index (κ1) is 25.3. The van der Waals surface area contributed by atoms with E-state index in [4.69, 9.17) is 10.8 Å². The minimum absolute atomic E-state index is 0.0717. The molecule has 196 valence electrons. The Morgan fingerprint density at radius 3 is 2.49 bits per heavy atom. The van der Waals surface area contributed by atoms with Gasteiger partial charge in [-0.05, 0) is 49.1 Å². The predicted octanol–water partition coefficient (Wildman–Crippen LogP) is 3.70. The maximum absolute atomic E-state index is 14.2. The SMILES string of the molecule is CN=S1(=O)CCN(c2ccc(-c3cn(-c4ccc(F)cn4)nc3[C@@H]3CC[C@H](F)C[C@H]3C(N)=O)cc2)CC1. The van der Waals surface area contributed by atoms with Crippen LogP contribution in [0.1, 0.15) is 30.9 Å². The van der Waals surface area contributed by atoms with Gasteiger partial charge in [0.1, 0.15) is 12.0 Å². The molecule has 1 amide bonds. The van der Waals surface area contributed by atoms with E-state index in [0.29, 0.717) is 48.9 Å². The lowest BCUT2D eigenvalue weighted by Crippen LogP contribution is -2.40. The number of pyridine rings is 1. The highest BCUT2D eigenvalue weighted by atomic mass is 32.2. The van der Waals surface area contributed by atoms with E-state index in [1.54, 1.807) is 11.7 Å². The van der Waals surface area contributed by atoms with Crippen molar-refractivity contribution in [3.05, 3.63) is 60.3 Å². The van der Waals surface area contributed by atoms with Crippen molar-refractivity contribution in [1.29, 1.82) is 0 Å². The zero-order valence-electron chi connectivity index (χ0n) is 20.6. The highest BCUT2D eigenvalue weighted by Gasteiger charge is 2.38. The van der Waals surface area contributed by atoms with Crippen LogP contribution in [-0.4, -0.2) is 62.7 Å². The molecule has 37 heavy (non-hydrogen) atoms. The Hall–Kier alpha value is -3.34. The van der Waals surface area contributed by atoms with Gasteiger partial charge < -0.3 is 10.6 Å². The summed E-state index contributed by atoms with van der Waals surface area (Å²) in [5.41, 5.74) is 9.02. The number of alkyl halides is 1. The third kappa shape index (κ3) is 5.22. The van der Waals surface area contributed by atoms with Crippen molar-refractivity contribution >= 4 is 21.3 Å². The number of nitrogens with two attached hydrogens (primary N) is 1. The average molecular weight is 529 g/mol. The smallest absolute Gasteiger partial charge is 0.221 e. The molecule has 2 fully saturated rings. The van der Waals surface area contributed by atoms with Crippen molar-refractivity contribution in [2.75, 3.05) is 36.5 Å². The van der Waals surface area contributed by atoms with E-state index in [9.17, 15) is 17.8 Å². The van der Waals surface area contributed by atoms with Gasteiger partial charge in [-0.15, -0.1) is 0 Å². The summed E-state index contributed by atoms with van der Waals surface area (Å²) in [6.45, 7) is 1.34. The van der Waals surface area contributed by atoms with E-state index in [0.717, 1.165) is 23.0 Å². The van der Waals surface area contributed by atoms with Crippen molar-refractivity contribution in [2.45, 2.75) is 31.4 Å². The lowest BCUT2D eigenvalue weighted by Gasteiger charge is -2.31. The highest BCUT2D eigenvalue weighted by Crippen LogP contribution is 2.42. The molecular weight excluding hydrogens is 498 g/mol. The fourth-order valence-electron chi connectivity index (χ4n) is 5.28. The summed E-state index contributed by atoms with van der Waals surface area (Å²) in [6.07, 6.45) is 2.71. The Morgan fingerprint density at radius 1 is 1.14 bits per heavy atom. The maximum Gasteiger partial charge on any atom is 0.221 e. The van der Waals surface area contributed by atoms with Crippen LogP contribution in [0.25, 0.3) is 16.9 Å². The van der Waals surface area contributed by atoms with Crippen molar-refractivity contribution < 1.29 is 17.8 Å². The molecule has 5 rings (SSSR count). The lowest BCUT2D eigenvalue weighted by atomic mass is 9.75. The summed E-state index contributed by atoms with van der Waals surface area (Å²) >= 11 is 0. The van der Waals surface area contributed by atoms with Crippen molar-refractivity contribution in [2.24, 2.45) is 16.0 Å². The number of hydrogen-bond acceptors (Lipinski definition) is 6. The van der Waals surface area contributed by atoms with Crippen molar-refractivity contribution in [3.63, 3.8) is 0 Å². The number of benzene rings is 1. The monoisotopic (exact) mass is 528 g/mol. The number of nitrogens with zero attached hydrogens (tertiary/aromatic N) is 5. The Bertz CT molecular complexity index is 1390. The first-order valence-corrected chi connectivity index (χ1v) is 14.2. The topological polar surface area (TPSA) is 106 Å². The van der Waals surface area contributed by atoms with Crippen LogP contribution < -0.4 is 10.6 Å². The molecule has 0 unspecified atom stereocenters. The van der Waals surface area contributed by atoms with Gasteiger partial charge in [-0.2, -0.15) is 5.10 Å². The number of hydrogen-bond donors (Lipinski definition) is 1. The highest BCUT2D eigenvalue weighted by molar-refractivity contribution is 7.93. The summed E-state index contributed by atoms with van der Waals surface area (Å²) in [7, 11) is -0.482. The van der Waals surface area contributed by atoms with Crippen LogP contribution in [0.4, 0.5) is 14.5 Å². The Labute approximate surface area is 215 Å². The van der Waals surface area contributed by atoms with Gasteiger partial charge in [-0.1, -0.05) is 12.1 Å². The summed E-state index contributed by atoms with van der Waals surface area (Å²) in [6, 6.07) is 10.8. The van der Waals surface area contributed by atoms with Crippen molar-refractivity contribution in [1.82, 2.24) is 14.8 Å². The molecule has 2 aromatic heterocycles. The van der Waals surface area contributed by atoms with E-state index < -0.39 is 33.5 Å². The van der Waals surface area contributed by atoms with E-state index in [1.807, 2.05) is 30.5 Å². The fourth-order valence-corrected chi connectivity index (χ4v) is 6.86. The predicted molar refractivity (Wildman–Crippen MR) is 139 cm³/mol. The van der Waals surface area contributed by atoms with Gasteiger partial charge in [0.15, 0.2) is 5.82 Å². The van der Waals surface area contributed by atoms with Crippen LogP contribution in [0, 0.1) is 11.7 Å². The van der Waals surface area contributed by atoms with Gasteiger partial charge in [0.05, 0.1) is 11.9 Å². The van der Waals surface area contributed by atoms with E-state index in [-0.39, 0.29) is 12.3 Å². The van der Waals surface area contributed by atoms with Gasteiger partial charge in [0, 0.05) is 70.7 Å². The van der Waals surface area contributed by atoms with Gasteiger partial charge in [-0.25, -0.2) is 27.0 Å². The van der Waals surface area contributed by atoms with Crippen LogP contribution >= 0.6 is 0 Å². The molecule has 8 nitrogen and oxygen atoms in total. The summed E-state index contributed by atoms with van der Waals surface area (Å²) in [4.78, 5) is 18.6. The number of carbonyl (C=O) groups is 1. The molecule has 1 aliphatic carbocycles. The first-order chi connectivity index (χ1) is 17.8. The molecule has 0 bridgehead atoms. The van der Waals surface area contributed by atoms with Crippen LogP contribution in [-0.2, 0) is 14.5 Å². The molecule has 1 saturated carbocycles. The molecule has 3 atom stereocenters. The van der Waals surface area contributed by atoms with E-state index in [1.165, 1.54) is 12.1 Å². The number of primary amides is 1. The Kier molecular flexibility index (Phi) is 6.98. The molecule has 11 heteroatoms. The van der Waals surface area contributed by atoms with Gasteiger partial charge in [0.25, 0.3) is 0 Å². The summed E-state index contributed by atoms with van der Waals surface area (Å²) < 4.78 is 45.8. The van der Waals surface area contributed by atoms with Crippen molar-refractivity contribution in [3.8, 4) is 16.9 Å². The second kappa shape index (κ2) is 10.2. The van der Waals surface area contributed by atoms with E-state index in [2.05, 4.69) is 14.2 Å². The van der Waals surface area contributed by atoms with Crippen LogP contribution in [0.15, 0.2) is 53.2 Å². The number of rotatable bonds is 5. The van der Waals surface area contributed by atoms with Crippen LogP contribution in [0.2, 0.25) is 0 Å². The third-order valence-electron chi connectivity index (χ3n) is 7.43. The molecule has 3 aromatic rings. The number of halogens is 2. The first-order valence-electron chi connectivity index (χ1n) is 12.4. The summed E-state index contributed by atoms with van der Waals surface area (Å²) in [5, 5.41) is 4.75. The van der Waals surface area contributed by atoms with Gasteiger partial charge in [-0.3, -0.25) is 4.79 Å². The Balaban J connectivity index is 1.50. The van der Waals surface area contributed by atoms with Crippen LogP contribution in [0.5, 0.6) is 0 Å². The molecule has 3 heterocycles. The number of aromatic nitrogens is 3. The second-order valence-electron chi connectivity index (χ2n) is 9.63. The summed E-state index contributed by atoms with van der Waals surface area (Å²) in [5.74, 6) is -0.491. The fraction of sp³-hybridized carbons (Fsp3) is 0.423. The normalized spacial score (nSPS) is 23.5. The molecule has 1 saturated heterocycles. The standard InChI is InChI=1S/C26H30F2N6O2S/c1-30-37(36)12-10-33(11-13-37)20-6-2-17(3-7-20)23-16-34(24-9-5-19(28)15-31-24)32-25(23)21-8-4-18(27)14-22(21)26(29)35/h2-3,5-7,9,15-16,18,21-22H,4,8,10-14H2,1H3,(H2,29,35)/t18-,21+,22+/m0/s1. The molecule has 0 spiro atoms. The zero-order chi connectivity index (χ0) is 26.2. The molecule has 2 aliphatic rings. The zero-order valence-corrected chi connectivity index (χ0v) is 21.4. The third-order valence-corrected chi connectivity index (χ3v) is 9.74. The quantitative estimate of drug-likeness (QED) is 0.544.